The second-order valence-corrected chi connectivity index (χ2v) is 3.08. The lowest BCUT2D eigenvalue weighted by atomic mass is 10.1. The van der Waals surface area contributed by atoms with Crippen LogP contribution in [0.2, 0.25) is 0 Å². The lowest BCUT2D eigenvalue weighted by Gasteiger charge is -1.99. The molecule has 0 N–H and O–H groups in total. The van der Waals surface area contributed by atoms with Gasteiger partial charge in [0, 0.05) is 4.88 Å². The number of hydrogen-bond donors (Lipinski definition) is 0. The Morgan fingerprint density at radius 1 is 1.80 bits per heavy atom. The van der Waals surface area contributed by atoms with Gasteiger partial charge < -0.3 is 0 Å². The second-order valence-electron chi connectivity index (χ2n) is 2.11. The van der Waals surface area contributed by atoms with Gasteiger partial charge in [-0.2, -0.15) is 5.26 Å². The first-order valence-electron chi connectivity index (χ1n) is 3.31. The Morgan fingerprint density at radius 2 is 2.60 bits per heavy atom. The maximum atomic E-state index is 8.65. The van der Waals surface area contributed by atoms with Crippen molar-refractivity contribution in [2.24, 2.45) is 0 Å². The molecular weight excluding hydrogens is 142 g/mol. The van der Waals surface area contributed by atoms with E-state index in [9.17, 15) is 0 Å². The van der Waals surface area contributed by atoms with Crippen molar-refractivity contribution < 1.29 is 0 Å². The van der Waals surface area contributed by atoms with Crippen LogP contribution in [0.4, 0.5) is 0 Å². The third-order valence-corrected chi connectivity index (χ3v) is 2.44. The molecule has 0 aliphatic rings. The summed E-state index contributed by atoms with van der Waals surface area (Å²) < 4.78 is 0. The maximum Gasteiger partial charge on any atom is 0.0803 e. The van der Waals surface area contributed by atoms with Crippen LogP contribution in [0.25, 0.3) is 0 Å². The van der Waals surface area contributed by atoms with Crippen LogP contribution in [0, 0.1) is 11.3 Å². The van der Waals surface area contributed by atoms with Gasteiger partial charge in [-0.3, -0.25) is 0 Å². The lowest BCUT2D eigenvalue weighted by Crippen LogP contribution is -1.87. The highest BCUT2D eigenvalue weighted by Crippen LogP contribution is 2.22. The lowest BCUT2D eigenvalue weighted by molar-refractivity contribution is 0.834. The van der Waals surface area contributed by atoms with Gasteiger partial charge in [0.05, 0.1) is 12.0 Å². The summed E-state index contributed by atoms with van der Waals surface area (Å²) in [5, 5.41) is 10.7. The zero-order chi connectivity index (χ0) is 7.40. The molecule has 1 rings (SSSR count). The van der Waals surface area contributed by atoms with E-state index < -0.39 is 0 Å². The highest BCUT2D eigenvalue weighted by molar-refractivity contribution is 7.10. The number of thiophene rings is 1. The van der Waals surface area contributed by atoms with Crippen molar-refractivity contribution in [1.82, 2.24) is 0 Å². The van der Waals surface area contributed by atoms with Gasteiger partial charge in [-0.15, -0.1) is 11.3 Å². The van der Waals surface area contributed by atoms with Crippen molar-refractivity contribution in [2.45, 2.75) is 19.3 Å². The fourth-order valence-corrected chi connectivity index (χ4v) is 1.70. The minimum atomic E-state index is 0.111. The van der Waals surface area contributed by atoms with Gasteiger partial charge in [-0.25, -0.2) is 0 Å². The molecule has 0 unspecified atom stereocenters. The monoisotopic (exact) mass is 151 g/mol. The smallest absolute Gasteiger partial charge is 0.0803 e. The van der Waals surface area contributed by atoms with Crippen LogP contribution in [-0.4, -0.2) is 0 Å². The van der Waals surface area contributed by atoms with Crippen molar-refractivity contribution in [2.75, 3.05) is 0 Å². The molecule has 0 aliphatic heterocycles. The summed E-state index contributed by atoms with van der Waals surface area (Å²) >= 11 is 1.66. The van der Waals surface area contributed by atoms with Gasteiger partial charge in [-0.1, -0.05) is 13.0 Å². The van der Waals surface area contributed by atoms with Crippen molar-refractivity contribution in [3.63, 3.8) is 0 Å². The summed E-state index contributed by atoms with van der Waals surface area (Å²) in [7, 11) is 0. The highest BCUT2D eigenvalue weighted by Gasteiger charge is 2.06. The molecule has 0 amide bonds. The largest absolute Gasteiger partial charge is 0.198 e. The molecule has 0 fully saturated rings. The zero-order valence-corrected chi connectivity index (χ0v) is 6.69. The summed E-state index contributed by atoms with van der Waals surface area (Å²) in [6, 6.07) is 6.27. The van der Waals surface area contributed by atoms with Crippen molar-refractivity contribution in [1.29, 1.82) is 5.26 Å². The van der Waals surface area contributed by atoms with Crippen LogP contribution < -0.4 is 0 Å². The van der Waals surface area contributed by atoms with Gasteiger partial charge in [0.25, 0.3) is 0 Å². The standard InChI is InChI=1S/C8H9NS/c1-2-7(6-9)8-4-3-5-10-8/h3-5,7H,2H2,1H3/t7-/m0/s1. The van der Waals surface area contributed by atoms with E-state index in [0.717, 1.165) is 6.42 Å². The van der Waals surface area contributed by atoms with E-state index >= 15 is 0 Å². The Morgan fingerprint density at radius 3 is 3.00 bits per heavy atom. The molecule has 0 saturated carbocycles. The molecule has 0 aromatic carbocycles. The first-order valence-corrected chi connectivity index (χ1v) is 4.19. The molecule has 0 bridgehead atoms. The zero-order valence-electron chi connectivity index (χ0n) is 5.87. The van der Waals surface area contributed by atoms with E-state index in [1.54, 1.807) is 11.3 Å². The van der Waals surface area contributed by atoms with E-state index in [0.29, 0.717) is 0 Å². The summed E-state index contributed by atoms with van der Waals surface area (Å²) in [6.07, 6.45) is 0.914. The van der Waals surface area contributed by atoms with Crippen molar-refractivity contribution in [3.8, 4) is 6.07 Å². The number of nitriles is 1. The fourth-order valence-electron chi connectivity index (χ4n) is 0.846. The molecule has 52 valence electrons. The first-order chi connectivity index (χ1) is 4.88. The number of hydrogen-bond acceptors (Lipinski definition) is 2. The minimum absolute atomic E-state index is 0.111. The van der Waals surface area contributed by atoms with Crippen LogP contribution in [0.3, 0.4) is 0 Å². The van der Waals surface area contributed by atoms with E-state index in [1.807, 2.05) is 24.4 Å². The van der Waals surface area contributed by atoms with E-state index in [4.69, 9.17) is 5.26 Å². The van der Waals surface area contributed by atoms with Gasteiger partial charge in [0.1, 0.15) is 0 Å². The van der Waals surface area contributed by atoms with E-state index in [2.05, 4.69) is 6.07 Å². The van der Waals surface area contributed by atoms with Crippen LogP contribution in [-0.2, 0) is 0 Å². The van der Waals surface area contributed by atoms with Crippen LogP contribution in [0.1, 0.15) is 24.1 Å². The third-order valence-electron chi connectivity index (χ3n) is 1.45. The predicted octanol–water partition coefficient (Wildman–Crippen LogP) is 2.77. The Bertz CT molecular complexity index is 220. The fraction of sp³-hybridized carbons (Fsp3) is 0.375. The average Bonchev–Trinajstić information content (AvgIpc) is 2.43. The number of rotatable bonds is 2. The quantitative estimate of drug-likeness (QED) is 0.637. The molecule has 1 atom stereocenters. The average molecular weight is 151 g/mol. The van der Waals surface area contributed by atoms with E-state index in [-0.39, 0.29) is 5.92 Å². The van der Waals surface area contributed by atoms with Crippen LogP contribution in [0.15, 0.2) is 17.5 Å². The molecule has 1 heterocycles. The minimum Gasteiger partial charge on any atom is -0.198 e. The highest BCUT2D eigenvalue weighted by atomic mass is 32.1. The predicted molar refractivity (Wildman–Crippen MR) is 43.0 cm³/mol. The molecule has 2 heteroatoms. The van der Waals surface area contributed by atoms with Gasteiger partial charge in [0.15, 0.2) is 0 Å². The normalized spacial score (nSPS) is 12.4. The second kappa shape index (κ2) is 3.38. The summed E-state index contributed by atoms with van der Waals surface area (Å²) in [4.78, 5) is 1.19. The van der Waals surface area contributed by atoms with Gasteiger partial charge >= 0.3 is 0 Å². The van der Waals surface area contributed by atoms with Gasteiger partial charge in [0.2, 0.25) is 0 Å². The molecule has 0 saturated heterocycles. The molecule has 0 aliphatic carbocycles. The first kappa shape index (κ1) is 7.30. The maximum absolute atomic E-state index is 8.65. The molecule has 1 nitrogen and oxygen atoms in total. The molecule has 10 heavy (non-hydrogen) atoms. The SMILES string of the molecule is CC[C@@H](C#N)c1cccs1. The molecule has 1 aromatic rings. The summed E-state index contributed by atoms with van der Waals surface area (Å²) in [6.45, 7) is 2.04. The summed E-state index contributed by atoms with van der Waals surface area (Å²) in [5.41, 5.74) is 0. The number of nitrogens with zero attached hydrogens (tertiary/aromatic N) is 1. The Balaban J connectivity index is 2.76. The Hall–Kier alpha value is -0.810. The Kier molecular flexibility index (Phi) is 2.47. The topological polar surface area (TPSA) is 23.8 Å². The van der Waals surface area contributed by atoms with Crippen molar-refractivity contribution >= 4 is 11.3 Å². The van der Waals surface area contributed by atoms with Crippen molar-refractivity contribution in [3.05, 3.63) is 22.4 Å². The third kappa shape index (κ3) is 1.37. The molecule has 0 radical (unpaired) electrons. The van der Waals surface area contributed by atoms with Gasteiger partial charge in [-0.05, 0) is 17.9 Å². The molecule has 1 aromatic heterocycles. The van der Waals surface area contributed by atoms with Crippen LogP contribution >= 0.6 is 11.3 Å². The van der Waals surface area contributed by atoms with Crippen LogP contribution in [0.5, 0.6) is 0 Å². The Labute approximate surface area is 64.9 Å². The molecular formula is C8H9NS. The molecule has 0 spiro atoms. The summed E-state index contributed by atoms with van der Waals surface area (Å²) in [5.74, 6) is 0.111. The van der Waals surface area contributed by atoms with E-state index in [1.165, 1.54) is 4.88 Å².